The summed E-state index contributed by atoms with van der Waals surface area (Å²) in [5, 5.41) is 12.2. The van der Waals surface area contributed by atoms with Gasteiger partial charge in [-0.15, -0.1) is 10.2 Å². The molecule has 2 aromatic rings. The third kappa shape index (κ3) is 5.65. The lowest BCUT2D eigenvalue weighted by molar-refractivity contribution is -0.125. The van der Waals surface area contributed by atoms with Gasteiger partial charge in [-0.3, -0.25) is 4.79 Å². The Balaban J connectivity index is 1.39. The highest BCUT2D eigenvalue weighted by Gasteiger charge is 2.30. The number of hydrogen-bond donors (Lipinski definition) is 1. The molecule has 6 nitrogen and oxygen atoms in total. The number of likely N-dealkylation sites (tertiary alicyclic amines) is 1. The molecule has 1 aromatic heterocycles. The summed E-state index contributed by atoms with van der Waals surface area (Å²) < 4.78 is 2.38. The molecule has 1 aromatic carbocycles. The first kappa shape index (κ1) is 23.9. The van der Waals surface area contributed by atoms with Crippen molar-refractivity contribution < 1.29 is 4.79 Å². The van der Waals surface area contributed by atoms with E-state index in [2.05, 4.69) is 76.9 Å². The second kappa shape index (κ2) is 10.8. The molecule has 2 atom stereocenters. The highest BCUT2D eigenvalue weighted by Crippen LogP contribution is 2.31. The van der Waals surface area contributed by atoms with Gasteiger partial charge < -0.3 is 14.8 Å². The van der Waals surface area contributed by atoms with Gasteiger partial charge in [0.2, 0.25) is 5.91 Å². The molecule has 2 aliphatic rings. The van der Waals surface area contributed by atoms with E-state index in [0.29, 0.717) is 18.0 Å². The molecule has 1 aliphatic carbocycles. The van der Waals surface area contributed by atoms with Crippen LogP contribution < -0.4 is 5.32 Å². The van der Waals surface area contributed by atoms with Crippen molar-refractivity contribution >= 4 is 5.91 Å². The molecule has 180 valence electrons. The van der Waals surface area contributed by atoms with Crippen LogP contribution in [0.5, 0.6) is 0 Å². The largest absolute Gasteiger partial charge is 0.349 e. The van der Waals surface area contributed by atoms with E-state index in [1.54, 1.807) is 0 Å². The molecule has 1 amide bonds. The molecule has 33 heavy (non-hydrogen) atoms. The maximum Gasteiger partial charge on any atom is 0.223 e. The van der Waals surface area contributed by atoms with Gasteiger partial charge >= 0.3 is 0 Å². The number of rotatable bonds is 8. The van der Waals surface area contributed by atoms with Gasteiger partial charge in [0.15, 0.2) is 0 Å². The predicted molar refractivity (Wildman–Crippen MR) is 132 cm³/mol. The predicted octanol–water partition coefficient (Wildman–Crippen LogP) is 5.17. The van der Waals surface area contributed by atoms with Gasteiger partial charge in [-0.25, -0.2) is 0 Å². The van der Waals surface area contributed by atoms with Crippen molar-refractivity contribution in [3.63, 3.8) is 0 Å². The average Bonchev–Trinajstić information content (AvgIpc) is 3.49. The van der Waals surface area contributed by atoms with Crippen LogP contribution in [-0.2, 0) is 4.79 Å². The molecule has 0 radical (unpaired) electrons. The number of amides is 1. The second-order valence-corrected chi connectivity index (χ2v) is 10.4. The zero-order chi connectivity index (χ0) is 23.4. The molecule has 2 fully saturated rings. The number of piperidine rings is 1. The lowest BCUT2D eigenvalue weighted by atomic mass is 9.95. The Morgan fingerprint density at radius 3 is 2.33 bits per heavy atom. The molecule has 0 bridgehead atoms. The average molecular weight is 452 g/mol. The van der Waals surface area contributed by atoms with Crippen LogP contribution in [0.2, 0.25) is 0 Å². The summed E-state index contributed by atoms with van der Waals surface area (Å²) in [6, 6.07) is 11.5. The van der Waals surface area contributed by atoms with Crippen molar-refractivity contribution in [2.45, 2.75) is 96.7 Å². The molecule has 1 saturated carbocycles. The van der Waals surface area contributed by atoms with Crippen molar-refractivity contribution in [1.82, 2.24) is 25.0 Å². The minimum Gasteiger partial charge on any atom is -0.349 e. The standard InChI is InChI=1S/C27H41N5O/c1-19(2)26-30-29-21(4)32(26)24-14-16-31(17-15-24)20(3)18-25(22-10-6-5-7-11-22)28-27(33)23-12-8-9-13-23/h5-7,10-11,19-20,23-25H,8-9,12-18H2,1-4H3,(H,28,33)/t20?,25-/m0/s1. The van der Waals surface area contributed by atoms with Crippen LogP contribution in [0.3, 0.4) is 0 Å². The van der Waals surface area contributed by atoms with Crippen molar-refractivity contribution in [3.8, 4) is 0 Å². The van der Waals surface area contributed by atoms with E-state index in [4.69, 9.17) is 0 Å². The molecule has 1 aliphatic heterocycles. The Labute approximate surface area is 199 Å². The maximum absolute atomic E-state index is 12.9. The first-order valence-electron chi connectivity index (χ1n) is 12.9. The van der Waals surface area contributed by atoms with Crippen molar-refractivity contribution in [2.75, 3.05) is 13.1 Å². The first-order valence-corrected chi connectivity index (χ1v) is 12.9. The van der Waals surface area contributed by atoms with E-state index in [-0.39, 0.29) is 17.9 Å². The summed E-state index contributed by atoms with van der Waals surface area (Å²) in [7, 11) is 0. The summed E-state index contributed by atoms with van der Waals surface area (Å²) in [4.78, 5) is 15.5. The van der Waals surface area contributed by atoms with Gasteiger partial charge in [-0.2, -0.15) is 0 Å². The van der Waals surface area contributed by atoms with E-state index in [9.17, 15) is 4.79 Å². The highest BCUT2D eigenvalue weighted by atomic mass is 16.1. The van der Waals surface area contributed by atoms with E-state index >= 15 is 0 Å². The minimum absolute atomic E-state index is 0.0691. The van der Waals surface area contributed by atoms with Crippen LogP contribution in [0.25, 0.3) is 0 Å². The summed E-state index contributed by atoms with van der Waals surface area (Å²) in [6.07, 6.45) is 7.62. The van der Waals surface area contributed by atoms with Crippen LogP contribution in [0, 0.1) is 12.8 Å². The van der Waals surface area contributed by atoms with Crippen LogP contribution in [-0.4, -0.2) is 44.7 Å². The third-order valence-corrected chi connectivity index (χ3v) is 7.72. The summed E-state index contributed by atoms with van der Waals surface area (Å²) >= 11 is 0. The fraction of sp³-hybridized carbons (Fsp3) is 0.667. The number of carbonyl (C=O) groups excluding carboxylic acids is 1. The molecule has 2 heterocycles. The van der Waals surface area contributed by atoms with Crippen LogP contribution in [0.4, 0.5) is 0 Å². The summed E-state index contributed by atoms with van der Waals surface area (Å²) in [5.41, 5.74) is 1.22. The number of aromatic nitrogens is 3. The topological polar surface area (TPSA) is 63.1 Å². The van der Waals surface area contributed by atoms with Crippen molar-refractivity contribution in [1.29, 1.82) is 0 Å². The molecular formula is C27H41N5O. The zero-order valence-corrected chi connectivity index (χ0v) is 20.8. The Bertz CT molecular complexity index is 894. The van der Waals surface area contributed by atoms with E-state index in [0.717, 1.165) is 56.8 Å². The molecule has 1 unspecified atom stereocenters. The minimum atomic E-state index is 0.0691. The second-order valence-electron chi connectivity index (χ2n) is 10.4. The molecule has 4 rings (SSSR count). The molecule has 6 heteroatoms. The van der Waals surface area contributed by atoms with Crippen molar-refractivity contribution in [3.05, 3.63) is 47.5 Å². The van der Waals surface area contributed by atoms with E-state index < -0.39 is 0 Å². The van der Waals surface area contributed by atoms with Crippen LogP contribution >= 0.6 is 0 Å². The van der Waals surface area contributed by atoms with E-state index in [1.165, 1.54) is 18.4 Å². The van der Waals surface area contributed by atoms with Crippen molar-refractivity contribution in [2.24, 2.45) is 5.92 Å². The normalized spacial score (nSPS) is 20.3. The summed E-state index contributed by atoms with van der Waals surface area (Å²) in [5.74, 6) is 2.97. The number of nitrogens with zero attached hydrogens (tertiary/aromatic N) is 4. The molecule has 1 N–H and O–H groups in total. The Morgan fingerprint density at radius 1 is 1.03 bits per heavy atom. The zero-order valence-electron chi connectivity index (χ0n) is 20.8. The lowest BCUT2D eigenvalue weighted by Gasteiger charge is -2.38. The Hall–Kier alpha value is -2.21. The Kier molecular flexibility index (Phi) is 7.84. The first-order chi connectivity index (χ1) is 15.9. The van der Waals surface area contributed by atoms with Crippen LogP contribution in [0.15, 0.2) is 30.3 Å². The third-order valence-electron chi connectivity index (χ3n) is 7.72. The number of carbonyl (C=O) groups is 1. The fourth-order valence-corrected chi connectivity index (χ4v) is 5.75. The van der Waals surface area contributed by atoms with Gasteiger partial charge in [0, 0.05) is 37.0 Å². The van der Waals surface area contributed by atoms with Crippen LogP contribution in [0.1, 0.15) is 101 Å². The van der Waals surface area contributed by atoms with Gasteiger partial charge in [0.1, 0.15) is 11.6 Å². The van der Waals surface area contributed by atoms with Gasteiger partial charge in [0.25, 0.3) is 0 Å². The van der Waals surface area contributed by atoms with E-state index in [1.807, 2.05) is 6.07 Å². The molecule has 1 saturated heterocycles. The van der Waals surface area contributed by atoms with Gasteiger partial charge in [-0.1, -0.05) is 57.0 Å². The smallest absolute Gasteiger partial charge is 0.223 e. The quantitative estimate of drug-likeness (QED) is 0.601. The maximum atomic E-state index is 12.9. The Morgan fingerprint density at radius 2 is 1.70 bits per heavy atom. The number of nitrogens with one attached hydrogen (secondary N) is 1. The number of benzene rings is 1. The molecule has 0 spiro atoms. The number of hydrogen-bond acceptors (Lipinski definition) is 4. The fourth-order valence-electron chi connectivity index (χ4n) is 5.75. The molecular weight excluding hydrogens is 410 g/mol. The van der Waals surface area contributed by atoms with Gasteiger partial charge in [-0.05, 0) is 51.5 Å². The highest BCUT2D eigenvalue weighted by molar-refractivity contribution is 5.79. The summed E-state index contributed by atoms with van der Waals surface area (Å²) in [6.45, 7) is 10.9. The monoisotopic (exact) mass is 451 g/mol. The van der Waals surface area contributed by atoms with Gasteiger partial charge in [0.05, 0.1) is 6.04 Å². The lowest BCUT2D eigenvalue weighted by Crippen LogP contribution is -2.43. The number of aryl methyl sites for hydroxylation is 1. The SMILES string of the molecule is Cc1nnc(C(C)C)n1C1CCN(C(C)C[C@H](NC(=O)C2CCCC2)c2ccccc2)CC1.